The molecule has 0 bridgehead atoms. The second kappa shape index (κ2) is 7.12. The first-order valence-electron chi connectivity index (χ1n) is 6.93. The maximum absolute atomic E-state index is 12.1. The minimum Gasteiger partial charge on any atom is -0.480 e. The van der Waals surface area contributed by atoms with Gasteiger partial charge in [0.25, 0.3) is 0 Å². The summed E-state index contributed by atoms with van der Waals surface area (Å²) in [6, 6.07) is -2.07. The molecule has 0 aromatic rings. The van der Waals surface area contributed by atoms with E-state index in [1.165, 1.54) is 7.05 Å². The van der Waals surface area contributed by atoms with Gasteiger partial charge in [0, 0.05) is 20.1 Å². The van der Waals surface area contributed by atoms with Crippen LogP contribution in [0.25, 0.3) is 0 Å². The van der Waals surface area contributed by atoms with E-state index in [1.807, 2.05) is 0 Å². The lowest BCUT2D eigenvalue weighted by Gasteiger charge is -2.27. The molecule has 0 spiro atoms. The number of likely N-dealkylation sites (N-methyl/N-ethyl adjacent to an activating group) is 1. The van der Waals surface area contributed by atoms with Gasteiger partial charge in [0.1, 0.15) is 12.1 Å². The Bertz CT molecular complexity index is 380. The van der Waals surface area contributed by atoms with E-state index in [9.17, 15) is 14.4 Å². The van der Waals surface area contributed by atoms with Crippen LogP contribution in [-0.2, 0) is 9.59 Å². The Kier molecular flexibility index (Phi) is 5.79. The summed E-state index contributed by atoms with van der Waals surface area (Å²) in [6.45, 7) is 4.76. The topological polar surface area (TPSA) is 90.0 Å². The van der Waals surface area contributed by atoms with Crippen LogP contribution in [0, 0.1) is 0 Å². The van der Waals surface area contributed by atoms with Crippen LogP contribution in [0.5, 0.6) is 0 Å². The zero-order valence-corrected chi connectivity index (χ0v) is 12.3. The number of aliphatic carboxylic acids is 1. The number of nitrogens with zero attached hydrogens (tertiary/aromatic N) is 2. The molecule has 20 heavy (non-hydrogen) atoms. The number of nitrogens with one attached hydrogen (secondary N) is 1. The van der Waals surface area contributed by atoms with E-state index in [0.29, 0.717) is 6.42 Å². The highest BCUT2D eigenvalue weighted by Gasteiger charge is 2.28. The standard InChI is InChI=1S/C13H23N3O4/c1-4-10(12(18)19)15(3)13(20)14-9(2)11(17)16-7-5-6-8-16/h9-10H,4-8H2,1-3H3,(H,14,20)(H,18,19). The predicted octanol–water partition coefficient (Wildman–Crippen LogP) is 0.502. The molecule has 0 aromatic heterocycles. The minimum atomic E-state index is -1.05. The molecule has 7 heteroatoms. The smallest absolute Gasteiger partial charge is 0.326 e. The molecule has 2 unspecified atom stereocenters. The molecule has 3 amide bonds. The van der Waals surface area contributed by atoms with Crippen molar-refractivity contribution in [1.29, 1.82) is 0 Å². The van der Waals surface area contributed by atoms with Crippen LogP contribution >= 0.6 is 0 Å². The first-order chi connectivity index (χ1) is 9.38. The van der Waals surface area contributed by atoms with Crippen LogP contribution < -0.4 is 5.32 Å². The van der Waals surface area contributed by atoms with Gasteiger partial charge in [0.05, 0.1) is 0 Å². The van der Waals surface area contributed by atoms with Gasteiger partial charge >= 0.3 is 12.0 Å². The van der Waals surface area contributed by atoms with E-state index in [2.05, 4.69) is 5.32 Å². The first kappa shape index (κ1) is 16.3. The highest BCUT2D eigenvalue weighted by atomic mass is 16.4. The summed E-state index contributed by atoms with van der Waals surface area (Å²) in [6.07, 6.45) is 2.29. The SMILES string of the molecule is CCC(C(=O)O)N(C)C(=O)NC(C)C(=O)N1CCCC1. The van der Waals surface area contributed by atoms with E-state index in [4.69, 9.17) is 5.11 Å². The quantitative estimate of drug-likeness (QED) is 0.769. The molecule has 7 nitrogen and oxygen atoms in total. The number of likely N-dealkylation sites (tertiary alicyclic amines) is 1. The number of hydrogen-bond acceptors (Lipinski definition) is 3. The molecular formula is C13H23N3O4. The Labute approximate surface area is 118 Å². The fourth-order valence-corrected chi connectivity index (χ4v) is 2.32. The Morgan fingerprint density at radius 2 is 1.85 bits per heavy atom. The summed E-state index contributed by atoms with van der Waals surface area (Å²) in [7, 11) is 1.42. The number of carbonyl (C=O) groups excluding carboxylic acids is 2. The van der Waals surface area contributed by atoms with Gasteiger partial charge in [0.15, 0.2) is 0 Å². The predicted molar refractivity (Wildman–Crippen MR) is 73.3 cm³/mol. The van der Waals surface area contributed by atoms with Crippen LogP contribution in [0.15, 0.2) is 0 Å². The highest BCUT2D eigenvalue weighted by molar-refractivity contribution is 5.88. The van der Waals surface area contributed by atoms with Gasteiger partial charge in [-0.2, -0.15) is 0 Å². The summed E-state index contributed by atoms with van der Waals surface area (Å²) in [5.74, 6) is -1.17. The van der Waals surface area contributed by atoms with Crippen LogP contribution in [0.4, 0.5) is 4.79 Å². The first-order valence-corrected chi connectivity index (χ1v) is 6.93. The van der Waals surface area contributed by atoms with Crippen molar-refractivity contribution < 1.29 is 19.5 Å². The van der Waals surface area contributed by atoms with Crippen LogP contribution in [0.1, 0.15) is 33.1 Å². The molecule has 0 aliphatic carbocycles. The van der Waals surface area contributed by atoms with E-state index in [1.54, 1.807) is 18.7 Å². The normalized spacial score (nSPS) is 17.4. The maximum Gasteiger partial charge on any atom is 0.326 e. The molecular weight excluding hydrogens is 262 g/mol. The Balaban J connectivity index is 2.55. The van der Waals surface area contributed by atoms with Crippen molar-refractivity contribution in [2.45, 2.75) is 45.2 Å². The zero-order valence-electron chi connectivity index (χ0n) is 12.3. The lowest BCUT2D eigenvalue weighted by Crippen LogP contribution is -2.53. The Morgan fingerprint density at radius 3 is 2.30 bits per heavy atom. The van der Waals surface area contributed by atoms with E-state index in [-0.39, 0.29) is 5.91 Å². The number of rotatable bonds is 5. The summed E-state index contributed by atoms with van der Waals surface area (Å²) in [4.78, 5) is 37.9. The third-order valence-electron chi connectivity index (χ3n) is 3.59. The Hall–Kier alpha value is -1.79. The number of hydrogen-bond donors (Lipinski definition) is 2. The molecule has 0 aromatic carbocycles. The summed E-state index contributed by atoms with van der Waals surface area (Å²) in [5, 5.41) is 11.6. The van der Waals surface area contributed by atoms with Gasteiger partial charge in [-0.25, -0.2) is 9.59 Å². The molecule has 2 atom stereocenters. The van der Waals surface area contributed by atoms with Crippen molar-refractivity contribution in [3.8, 4) is 0 Å². The maximum atomic E-state index is 12.1. The summed E-state index contributed by atoms with van der Waals surface area (Å²) < 4.78 is 0. The number of carboxylic acid groups (broad SMARTS) is 1. The monoisotopic (exact) mass is 285 g/mol. The number of amides is 3. The average molecular weight is 285 g/mol. The van der Waals surface area contributed by atoms with Gasteiger partial charge in [-0.05, 0) is 26.2 Å². The van der Waals surface area contributed by atoms with Gasteiger partial charge in [-0.1, -0.05) is 6.92 Å². The summed E-state index contributed by atoms with van der Waals surface area (Å²) in [5.41, 5.74) is 0. The van der Waals surface area contributed by atoms with Crippen LogP contribution in [-0.4, -0.2) is 65.0 Å². The van der Waals surface area contributed by atoms with Gasteiger partial charge in [-0.15, -0.1) is 0 Å². The van der Waals surface area contributed by atoms with Gasteiger partial charge in [0.2, 0.25) is 5.91 Å². The van der Waals surface area contributed by atoms with Crippen LogP contribution in [0.3, 0.4) is 0 Å². The van der Waals surface area contributed by atoms with E-state index >= 15 is 0 Å². The lowest BCUT2D eigenvalue weighted by molar-refractivity contribution is -0.141. The molecule has 114 valence electrons. The fraction of sp³-hybridized carbons (Fsp3) is 0.769. The molecule has 1 aliphatic rings. The molecule has 1 aliphatic heterocycles. The highest BCUT2D eigenvalue weighted by Crippen LogP contribution is 2.09. The van der Waals surface area contributed by atoms with Crippen molar-refractivity contribution in [3.05, 3.63) is 0 Å². The van der Waals surface area contributed by atoms with Crippen molar-refractivity contribution >= 4 is 17.9 Å². The van der Waals surface area contributed by atoms with E-state index in [0.717, 1.165) is 30.8 Å². The average Bonchev–Trinajstić information content (AvgIpc) is 2.91. The molecule has 1 fully saturated rings. The molecule has 0 radical (unpaired) electrons. The number of carbonyl (C=O) groups is 3. The third-order valence-corrected chi connectivity index (χ3v) is 3.59. The van der Waals surface area contributed by atoms with Gasteiger partial charge in [-0.3, -0.25) is 4.79 Å². The minimum absolute atomic E-state index is 0.118. The fourth-order valence-electron chi connectivity index (χ4n) is 2.32. The second-order valence-corrected chi connectivity index (χ2v) is 5.08. The molecule has 1 heterocycles. The number of carboxylic acids is 1. The van der Waals surface area contributed by atoms with E-state index < -0.39 is 24.1 Å². The summed E-state index contributed by atoms with van der Waals surface area (Å²) >= 11 is 0. The Morgan fingerprint density at radius 1 is 1.30 bits per heavy atom. The van der Waals surface area contributed by atoms with Crippen molar-refractivity contribution in [1.82, 2.24) is 15.1 Å². The molecule has 1 saturated heterocycles. The third kappa shape index (κ3) is 3.85. The molecule has 0 saturated carbocycles. The largest absolute Gasteiger partial charge is 0.480 e. The number of urea groups is 1. The zero-order chi connectivity index (χ0) is 15.3. The van der Waals surface area contributed by atoms with Gasteiger partial charge < -0.3 is 20.2 Å². The molecule has 1 rings (SSSR count). The molecule has 2 N–H and O–H groups in total. The van der Waals surface area contributed by atoms with Crippen molar-refractivity contribution in [2.75, 3.05) is 20.1 Å². The van der Waals surface area contributed by atoms with Crippen LogP contribution in [0.2, 0.25) is 0 Å². The lowest BCUT2D eigenvalue weighted by atomic mass is 10.2. The van der Waals surface area contributed by atoms with Crippen molar-refractivity contribution in [2.24, 2.45) is 0 Å². The van der Waals surface area contributed by atoms with Crippen molar-refractivity contribution in [3.63, 3.8) is 0 Å². The second-order valence-electron chi connectivity index (χ2n) is 5.08.